The Morgan fingerprint density at radius 2 is 1.70 bits per heavy atom. The summed E-state index contributed by atoms with van der Waals surface area (Å²) in [6, 6.07) is 13.0. The fourth-order valence-electron chi connectivity index (χ4n) is 5.24. The number of carbonyl (C=O) groups excluding carboxylic acids is 3. The van der Waals surface area contributed by atoms with Crippen molar-refractivity contribution in [3.63, 3.8) is 0 Å². The third-order valence-electron chi connectivity index (χ3n) is 7.24. The van der Waals surface area contributed by atoms with Gasteiger partial charge in [0, 0.05) is 43.7 Å². The van der Waals surface area contributed by atoms with Crippen LogP contribution in [0.2, 0.25) is 10.0 Å². The molecule has 1 saturated heterocycles. The molecule has 1 saturated carbocycles. The van der Waals surface area contributed by atoms with Crippen LogP contribution in [0, 0.1) is 5.92 Å². The molecule has 1 heterocycles. The predicted octanol–water partition coefficient (Wildman–Crippen LogP) is 5.37. The average molecular weight is 546 g/mol. The van der Waals surface area contributed by atoms with E-state index in [0.717, 1.165) is 31.2 Å². The predicted molar refractivity (Wildman–Crippen MR) is 147 cm³/mol. The van der Waals surface area contributed by atoms with Crippen LogP contribution in [0.1, 0.15) is 44.6 Å². The number of amides is 4. The van der Waals surface area contributed by atoms with Crippen LogP contribution in [-0.4, -0.2) is 59.4 Å². The zero-order valence-electron chi connectivity index (χ0n) is 21.1. The first-order valence-electron chi connectivity index (χ1n) is 13.0. The third-order valence-corrected chi connectivity index (χ3v) is 7.98. The summed E-state index contributed by atoms with van der Waals surface area (Å²) in [5, 5.41) is 6.30. The Morgan fingerprint density at radius 3 is 2.38 bits per heavy atom. The molecule has 2 aromatic carbocycles. The van der Waals surface area contributed by atoms with Crippen LogP contribution in [0.4, 0.5) is 10.5 Å². The van der Waals surface area contributed by atoms with Gasteiger partial charge in [-0.2, -0.15) is 0 Å². The smallest absolute Gasteiger partial charge is 0.319 e. The van der Waals surface area contributed by atoms with Gasteiger partial charge >= 0.3 is 6.03 Å². The molecule has 2 atom stereocenters. The summed E-state index contributed by atoms with van der Waals surface area (Å²) in [7, 11) is 0. The molecule has 0 bridgehead atoms. The number of rotatable bonds is 6. The van der Waals surface area contributed by atoms with Crippen molar-refractivity contribution in [1.29, 1.82) is 0 Å². The molecule has 0 aromatic heterocycles. The third kappa shape index (κ3) is 7.17. The summed E-state index contributed by atoms with van der Waals surface area (Å²) in [6.07, 6.45) is 5.70. The minimum absolute atomic E-state index is 0.0745. The van der Waals surface area contributed by atoms with Crippen LogP contribution in [0.25, 0.3) is 0 Å². The zero-order valence-corrected chi connectivity index (χ0v) is 22.6. The van der Waals surface area contributed by atoms with E-state index < -0.39 is 12.1 Å². The molecular formula is C28H34Cl2N4O3. The van der Waals surface area contributed by atoms with Gasteiger partial charge in [0.15, 0.2) is 0 Å². The van der Waals surface area contributed by atoms with E-state index in [1.165, 1.54) is 6.42 Å². The van der Waals surface area contributed by atoms with Gasteiger partial charge < -0.3 is 20.4 Å². The van der Waals surface area contributed by atoms with Crippen molar-refractivity contribution in [2.45, 2.75) is 57.5 Å². The summed E-state index contributed by atoms with van der Waals surface area (Å²) in [6.45, 7) is 3.40. The van der Waals surface area contributed by atoms with Gasteiger partial charge in [-0.15, -0.1) is 0 Å². The lowest BCUT2D eigenvalue weighted by Crippen LogP contribution is -2.60. The summed E-state index contributed by atoms with van der Waals surface area (Å²) < 4.78 is 0. The Morgan fingerprint density at radius 1 is 0.973 bits per heavy atom. The highest BCUT2D eigenvalue weighted by Crippen LogP contribution is 2.27. The SMILES string of the molecule is CC1CN(C(=O)C(Cc2ccccc2)NC(=O)Nc2ccc(Cl)c(Cl)c2)CCN1C(=O)C1CCCCC1. The van der Waals surface area contributed by atoms with E-state index in [0.29, 0.717) is 41.8 Å². The van der Waals surface area contributed by atoms with Gasteiger partial charge in [-0.3, -0.25) is 9.59 Å². The van der Waals surface area contributed by atoms with Crippen molar-refractivity contribution >= 4 is 46.7 Å². The number of hydrogen-bond acceptors (Lipinski definition) is 3. The summed E-state index contributed by atoms with van der Waals surface area (Å²) >= 11 is 12.0. The number of nitrogens with one attached hydrogen (secondary N) is 2. The first-order chi connectivity index (χ1) is 17.8. The highest BCUT2D eigenvalue weighted by Gasteiger charge is 2.36. The topological polar surface area (TPSA) is 81.8 Å². The largest absolute Gasteiger partial charge is 0.337 e. The number of nitrogens with zero attached hydrogens (tertiary/aromatic N) is 2. The molecule has 37 heavy (non-hydrogen) atoms. The molecule has 0 radical (unpaired) electrons. The summed E-state index contributed by atoms with van der Waals surface area (Å²) in [5.41, 5.74) is 1.41. The fraction of sp³-hybridized carbons (Fsp3) is 0.464. The summed E-state index contributed by atoms with van der Waals surface area (Å²) in [4.78, 5) is 43.3. The van der Waals surface area contributed by atoms with E-state index in [1.54, 1.807) is 23.1 Å². The highest BCUT2D eigenvalue weighted by molar-refractivity contribution is 6.42. The van der Waals surface area contributed by atoms with Crippen molar-refractivity contribution in [3.05, 3.63) is 64.1 Å². The molecule has 4 amide bonds. The average Bonchev–Trinajstić information content (AvgIpc) is 2.90. The summed E-state index contributed by atoms with van der Waals surface area (Å²) in [5.74, 6) is 0.167. The Bertz CT molecular complexity index is 1110. The molecule has 2 aliphatic rings. The number of anilines is 1. The molecule has 2 N–H and O–H groups in total. The van der Waals surface area contributed by atoms with Gasteiger partial charge in [-0.25, -0.2) is 4.79 Å². The van der Waals surface area contributed by atoms with Gasteiger partial charge in [0.25, 0.3) is 0 Å². The molecule has 9 heteroatoms. The second-order valence-electron chi connectivity index (χ2n) is 9.97. The maximum absolute atomic E-state index is 13.7. The number of piperazine rings is 1. The normalized spacial score (nSPS) is 19.3. The standard InChI is InChI=1S/C28H34Cl2N4O3/c1-19-18-33(14-15-34(19)26(35)21-10-6-3-7-11-21)27(36)25(16-20-8-4-2-5-9-20)32-28(37)31-22-12-13-23(29)24(30)17-22/h2,4-5,8-9,12-13,17,19,21,25H,3,6-7,10-11,14-16,18H2,1H3,(H2,31,32,37). The molecule has 4 rings (SSSR count). The highest BCUT2D eigenvalue weighted by atomic mass is 35.5. The van der Waals surface area contributed by atoms with Gasteiger partial charge in [0.05, 0.1) is 10.0 Å². The van der Waals surface area contributed by atoms with E-state index in [1.807, 2.05) is 42.2 Å². The van der Waals surface area contributed by atoms with Gasteiger partial charge in [-0.05, 0) is 43.5 Å². The molecule has 1 aliphatic heterocycles. The Balaban J connectivity index is 1.42. The molecule has 2 fully saturated rings. The van der Waals surface area contributed by atoms with Crippen LogP contribution in [0.15, 0.2) is 48.5 Å². The molecule has 2 unspecified atom stereocenters. The van der Waals surface area contributed by atoms with Crippen molar-refractivity contribution < 1.29 is 14.4 Å². The van der Waals surface area contributed by atoms with E-state index in [9.17, 15) is 14.4 Å². The minimum Gasteiger partial charge on any atom is -0.337 e. The molecule has 2 aromatic rings. The van der Waals surface area contributed by atoms with Gasteiger partial charge in [0.1, 0.15) is 6.04 Å². The quantitative estimate of drug-likeness (QED) is 0.513. The Kier molecular flexibility index (Phi) is 9.33. The molecule has 7 nitrogen and oxygen atoms in total. The number of benzene rings is 2. The van der Waals surface area contributed by atoms with Crippen LogP contribution in [0.5, 0.6) is 0 Å². The second-order valence-corrected chi connectivity index (χ2v) is 10.8. The van der Waals surface area contributed by atoms with Crippen LogP contribution >= 0.6 is 23.2 Å². The van der Waals surface area contributed by atoms with Gasteiger partial charge in [-0.1, -0.05) is 72.8 Å². The van der Waals surface area contributed by atoms with Crippen LogP contribution < -0.4 is 10.6 Å². The monoisotopic (exact) mass is 544 g/mol. The molecule has 0 spiro atoms. The lowest BCUT2D eigenvalue weighted by atomic mass is 9.87. The lowest BCUT2D eigenvalue weighted by molar-refractivity contribution is -0.146. The maximum atomic E-state index is 13.7. The van der Waals surface area contributed by atoms with E-state index in [4.69, 9.17) is 23.2 Å². The molecular weight excluding hydrogens is 511 g/mol. The van der Waals surface area contributed by atoms with Crippen molar-refractivity contribution in [3.8, 4) is 0 Å². The Labute approximate surface area is 228 Å². The fourth-order valence-corrected chi connectivity index (χ4v) is 5.54. The number of carbonyl (C=O) groups is 3. The van der Waals surface area contributed by atoms with Crippen LogP contribution in [-0.2, 0) is 16.0 Å². The first-order valence-corrected chi connectivity index (χ1v) is 13.7. The van der Waals surface area contributed by atoms with E-state index in [2.05, 4.69) is 10.6 Å². The zero-order chi connectivity index (χ0) is 26.4. The van der Waals surface area contributed by atoms with E-state index >= 15 is 0 Å². The van der Waals surface area contributed by atoms with E-state index in [-0.39, 0.29) is 23.8 Å². The number of hydrogen-bond donors (Lipinski definition) is 2. The van der Waals surface area contributed by atoms with Gasteiger partial charge in [0.2, 0.25) is 11.8 Å². The number of halogens is 2. The minimum atomic E-state index is -0.766. The molecule has 1 aliphatic carbocycles. The lowest BCUT2D eigenvalue weighted by Gasteiger charge is -2.42. The Hall–Kier alpha value is -2.77. The number of urea groups is 1. The molecule has 198 valence electrons. The second kappa shape index (κ2) is 12.7. The van der Waals surface area contributed by atoms with Crippen molar-refractivity contribution in [2.24, 2.45) is 5.92 Å². The van der Waals surface area contributed by atoms with Crippen molar-refractivity contribution in [2.75, 3.05) is 25.0 Å². The maximum Gasteiger partial charge on any atom is 0.319 e. The van der Waals surface area contributed by atoms with Crippen LogP contribution in [0.3, 0.4) is 0 Å². The van der Waals surface area contributed by atoms with Crippen molar-refractivity contribution in [1.82, 2.24) is 15.1 Å². The first kappa shape index (κ1) is 27.3.